The molecule has 7 heteroatoms. The molecule has 0 aliphatic carbocycles. The smallest absolute Gasteiger partial charge is 0.380 e. The van der Waals surface area contributed by atoms with Crippen LogP contribution in [0.2, 0.25) is 0 Å². The average molecular weight is 345 g/mol. The molecule has 1 rings (SSSR count). The van der Waals surface area contributed by atoms with Gasteiger partial charge in [-0.3, -0.25) is 4.79 Å². The van der Waals surface area contributed by atoms with E-state index in [0.717, 1.165) is 6.07 Å². The number of halogens is 3. The summed E-state index contributed by atoms with van der Waals surface area (Å²) in [7, 11) is 3.61. The predicted octanol–water partition coefficient (Wildman–Crippen LogP) is 3.34. The second-order valence-electron chi connectivity index (χ2n) is 6.54. The minimum absolute atomic E-state index is 0.0773. The van der Waals surface area contributed by atoms with E-state index in [9.17, 15) is 18.0 Å². The van der Waals surface area contributed by atoms with Crippen LogP contribution in [0.25, 0.3) is 0 Å². The standard InChI is InChI=1S/C17H26F3N3O/c1-11(2)16(9-21-12(3)24)22-15-7-6-14(17(18,19)20)8-13(15)10-23(4)5/h6-8,11,16,22H,9-10H2,1-5H3,(H,21,24)/t16-/m0/s1. The topological polar surface area (TPSA) is 44.4 Å². The van der Waals surface area contributed by atoms with E-state index in [4.69, 9.17) is 0 Å². The Morgan fingerprint density at radius 2 is 1.88 bits per heavy atom. The fraction of sp³-hybridized carbons (Fsp3) is 0.588. The van der Waals surface area contributed by atoms with E-state index in [1.165, 1.54) is 19.1 Å². The lowest BCUT2D eigenvalue weighted by Gasteiger charge is -2.26. The van der Waals surface area contributed by atoms with E-state index in [1.807, 2.05) is 18.7 Å². The van der Waals surface area contributed by atoms with Gasteiger partial charge in [-0.25, -0.2) is 0 Å². The Kier molecular flexibility index (Phi) is 7.08. The van der Waals surface area contributed by atoms with Gasteiger partial charge in [-0.15, -0.1) is 0 Å². The third kappa shape index (κ3) is 6.39. The second-order valence-corrected chi connectivity index (χ2v) is 6.54. The van der Waals surface area contributed by atoms with Gasteiger partial charge < -0.3 is 15.5 Å². The zero-order valence-electron chi connectivity index (χ0n) is 14.8. The molecule has 1 aromatic carbocycles. The molecule has 0 bridgehead atoms. The summed E-state index contributed by atoms with van der Waals surface area (Å²) in [4.78, 5) is 12.9. The highest BCUT2D eigenvalue weighted by molar-refractivity contribution is 5.72. The summed E-state index contributed by atoms with van der Waals surface area (Å²) < 4.78 is 38.9. The van der Waals surface area contributed by atoms with Gasteiger partial charge in [0.1, 0.15) is 0 Å². The maximum Gasteiger partial charge on any atom is 0.416 e. The van der Waals surface area contributed by atoms with E-state index in [1.54, 1.807) is 14.1 Å². The van der Waals surface area contributed by atoms with Gasteiger partial charge in [-0.05, 0) is 43.8 Å². The Morgan fingerprint density at radius 3 is 2.33 bits per heavy atom. The van der Waals surface area contributed by atoms with Gasteiger partial charge in [0.2, 0.25) is 5.91 Å². The second kappa shape index (κ2) is 8.37. The maximum absolute atomic E-state index is 13.0. The van der Waals surface area contributed by atoms with Gasteiger partial charge in [0.05, 0.1) is 5.56 Å². The quantitative estimate of drug-likeness (QED) is 0.797. The number of benzene rings is 1. The minimum Gasteiger partial charge on any atom is -0.380 e. The Bertz CT molecular complexity index is 557. The van der Waals surface area contributed by atoms with Crippen molar-refractivity contribution in [2.45, 2.75) is 39.5 Å². The summed E-state index contributed by atoms with van der Waals surface area (Å²) in [5.41, 5.74) is 0.567. The van der Waals surface area contributed by atoms with Crippen LogP contribution in [0.3, 0.4) is 0 Å². The van der Waals surface area contributed by atoms with Crippen molar-refractivity contribution in [3.63, 3.8) is 0 Å². The normalized spacial score (nSPS) is 13.2. The molecular weight excluding hydrogens is 319 g/mol. The summed E-state index contributed by atoms with van der Waals surface area (Å²) in [6.07, 6.45) is -4.37. The van der Waals surface area contributed by atoms with Crippen LogP contribution in [0.4, 0.5) is 18.9 Å². The predicted molar refractivity (Wildman–Crippen MR) is 89.8 cm³/mol. The zero-order chi connectivity index (χ0) is 18.5. The lowest BCUT2D eigenvalue weighted by atomic mass is 10.0. The van der Waals surface area contributed by atoms with Crippen molar-refractivity contribution in [3.05, 3.63) is 29.3 Å². The van der Waals surface area contributed by atoms with Crippen LogP contribution in [0.5, 0.6) is 0 Å². The molecule has 1 atom stereocenters. The molecule has 0 aliphatic heterocycles. The van der Waals surface area contributed by atoms with E-state index in [0.29, 0.717) is 24.3 Å². The molecule has 1 aromatic rings. The Hall–Kier alpha value is -1.76. The highest BCUT2D eigenvalue weighted by atomic mass is 19.4. The van der Waals surface area contributed by atoms with Crippen molar-refractivity contribution in [2.24, 2.45) is 5.92 Å². The summed E-state index contributed by atoms with van der Waals surface area (Å²) in [6, 6.07) is 3.65. The molecule has 2 N–H and O–H groups in total. The first-order valence-corrected chi connectivity index (χ1v) is 7.86. The van der Waals surface area contributed by atoms with Crippen LogP contribution >= 0.6 is 0 Å². The highest BCUT2D eigenvalue weighted by Crippen LogP contribution is 2.32. The van der Waals surface area contributed by atoms with Crippen LogP contribution in [0.1, 0.15) is 31.9 Å². The molecule has 0 aromatic heterocycles. The number of alkyl halides is 3. The third-order valence-electron chi connectivity index (χ3n) is 3.64. The van der Waals surface area contributed by atoms with E-state index in [-0.39, 0.29) is 17.9 Å². The third-order valence-corrected chi connectivity index (χ3v) is 3.64. The van der Waals surface area contributed by atoms with Gasteiger partial charge in [0.25, 0.3) is 0 Å². The van der Waals surface area contributed by atoms with Gasteiger partial charge in [-0.1, -0.05) is 13.8 Å². The van der Waals surface area contributed by atoms with Crippen LogP contribution < -0.4 is 10.6 Å². The molecule has 0 aliphatic rings. The molecule has 0 saturated carbocycles. The first kappa shape index (κ1) is 20.3. The molecule has 0 radical (unpaired) electrons. The molecule has 0 saturated heterocycles. The van der Waals surface area contributed by atoms with Gasteiger partial charge in [0, 0.05) is 31.7 Å². The molecule has 4 nitrogen and oxygen atoms in total. The summed E-state index contributed by atoms with van der Waals surface area (Å²) in [5, 5.41) is 6.03. The number of amides is 1. The summed E-state index contributed by atoms with van der Waals surface area (Å²) in [6.45, 7) is 6.23. The fourth-order valence-electron chi connectivity index (χ4n) is 2.29. The largest absolute Gasteiger partial charge is 0.416 e. The minimum atomic E-state index is -4.37. The van der Waals surface area contributed by atoms with Gasteiger partial charge in [-0.2, -0.15) is 13.2 Å². The van der Waals surface area contributed by atoms with E-state index in [2.05, 4.69) is 10.6 Å². The number of rotatable bonds is 7. The van der Waals surface area contributed by atoms with E-state index >= 15 is 0 Å². The SMILES string of the molecule is CC(=O)NC[C@H](Nc1ccc(C(F)(F)F)cc1CN(C)C)C(C)C. The van der Waals surface area contributed by atoms with Crippen molar-refractivity contribution in [1.29, 1.82) is 0 Å². The number of nitrogens with one attached hydrogen (secondary N) is 2. The monoisotopic (exact) mass is 345 g/mol. The van der Waals surface area contributed by atoms with Crippen LogP contribution in [0, 0.1) is 5.92 Å². The number of hydrogen-bond donors (Lipinski definition) is 2. The number of carbonyl (C=O) groups excluding carboxylic acids is 1. The molecule has 1 amide bonds. The molecule has 0 unspecified atom stereocenters. The fourth-order valence-corrected chi connectivity index (χ4v) is 2.29. The van der Waals surface area contributed by atoms with Crippen molar-refractivity contribution in [1.82, 2.24) is 10.2 Å². The van der Waals surface area contributed by atoms with Gasteiger partial charge in [0.15, 0.2) is 0 Å². The Morgan fingerprint density at radius 1 is 1.25 bits per heavy atom. The maximum atomic E-state index is 13.0. The number of hydrogen-bond acceptors (Lipinski definition) is 3. The molecular formula is C17H26F3N3O. The zero-order valence-corrected chi connectivity index (χ0v) is 14.8. The molecule has 0 spiro atoms. The van der Waals surface area contributed by atoms with Crippen molar-refractivity contribution >= 4 is 11.6 Å². The Balaban J connectivity index is 3.08. The van der Waals surface area contributed by atoms with Crippen molar-refractivity contribution in [3.8, 4) is 0 Å². The molecule has 0 fully saturated rings. The van der Waals surface area contributed by atoms with Crippen LogP contribution in [0.15, 0.2) is 18.2 Å². The highest BCUT2D eigenvalue weighted by Gasteiger charge is 2.31. The summed E-state index contributed by atoms with van der Waals surface area (Å²) >= 11 is 0. The number of nitrogens with zero attached hydrogens (tertiary/aromatic N) is 1. The lowest BCUT2D eigenvalue weighted by molar-refractivity contribution is -0.137. The summed E-state index contributed by atoms with van der Waals surface area (Å²) in [5.74, 6) is 0.0646. The molecule has 0 heterocycles. The van der Waals surface area contributed by atoms with Crippen LogP contribution in [-0.4, -0.2) is 37.5 Å². The number of anilines is 1. The van der Waals surface area contributed by atoms with Crippen molar-refractivity contribution < 1.29 is 18.0 Å². The first-order chi connectivity index (χ1) is 11.0. The molecule has 24 heavy (non-hydrogen) atoms. The van der Waals surface area contributed by atoms with E-state index < -0.39 is 11.7 Å². The van der Waals surface area contributed by atoms with Crippen LogP contribution in [-0.2, 0) is 17.5 Å². The van der Waals surface area contributed by atoms with Crippen molar-refractivity contribution in [2.75, 3.05) is 26.0 Å². The Labute approximate surface area is 141 Å². The van der Waals surface area contributed by atoms with Gasteiger partial charge >= 0.3 is 6.18 Å². The lowest BCUT2D eigenvalue weighted by Crippen LogP contribution is -2.39. The average Bonchev–Trinajstić information content (AvgIpc) is 2.42. The number of carbonyl (C=O) groups is 1. The molecule has 136 valence electrons. The first-order valence-electron chi connectivity index (χ1n) is 7.86.